The minimum absolute atomic E-state index is 0.0754. The van der Waals surface area contributed by atoms with Crippen LogP contribution in [0.1, 0.15) is 15.9 Å². The van der Waals surface area contributed by atoms with Gasteiger partial charge in [0.05, 0.1) is 28.4 Å². The highest BCUT2D eigenvalue weighted by Crippen LogP contribution is 2.38. The summed E-state index contributed by atoms with van der Waals surface area (Å²) in [6, 6.07) is 7.07. The van der Waals surface area contributed by atoms with Gasteiger partial charge in [0.1, 0.15) is 0 Å². The molecule has 0 unspecified atom stereocenters. The normalized spacial score (nSPS) is 10.1. The van der Waals surface area contributed by atoms with Crippen molar-refractivity contribution in [2.45, 2.75) is 0 Å². The molecule has 0 N–H and O–H groups in total. The smallest absolute Gasteiger partial charge is 0.203 e. The van der Waals surface area contributed by atoms with Crippen LogP contribution in [-0.4, -0.2) is 34.2 Å². The van der Waals surface area contributed by atoms with Crippen molar-refractivity contribution in [1.82, 2.24) is 0 Å². The molecule has 0 aliphatic heterocycles. The molecule has 0 aliphatic carbocycles. The quantitative estimate of drug-likeness (QED) is 0.766. The van der Waals surface area contributed by atoms with Crippen LogP contribution in [0.15, 0.2) is 30.3 Å². The van der Waals surface area contributed by atoms with Gasteiger partial charge in [-0.25, -0.2) is 4.39 Å². The topological polar surface area (TPSA) is 54.0 Å². The zero-order chi connectivity index (χ0) is 17.0. The first kappa shape index (κ1) is 16.6. The zero-order valence-corrected chi connectivity index (χ0v) is 13.3. The summed E-state index contributed by atoms with van der Waals surface area (Å²) in [6.07, 6.45) is 0. The minimum Gasteiger partial charge on any atom is -0.494 e. The molecule has 0 atom stereocenters. The summed E-state index contributed by atoms with van der Waals surface area (Å²) < 4.78 is 34.3. The van der Waals surface area contributed by atoms with Crippen LogP contribution in [-0.2, 0) is 0 Å². The molecule has 0 aliphatic rings. The number of hydrogen-bond acceptors (Lipinski definition) is 5. The highest BCUT2D eigenvalue weighted by atomic mass is 19.1. The Balaban J connectivity index is 2.49. The SMILES string of the molecule is COc1ccc(C(=O)c2cc(OC)c(OC)c(OC)c2)cc1F. The first-order chi connectivity index (χ1) is 11.0. The molecule has 0 bridgehead atoms. The van der Waals surface area contributed by atoms with E-state index >= 15 is 0 Å². The van der Waals surface area contributed by atoms with Crippen LogP contribution in [0.3, 0.4) is 0 Å². The van der Waals surface area contributed by atoms with E-state index in [1.165, 1.54) is 52.7 Å². The van der Waals surface area contributed by atoms with E-state index in [2.05, 4.69) is 0 Å². The van der Waals surface area contributed by atoms with E-state index in [1.807, 2.05) is 0 Å². The molecule has 0 saturated carbocycles. The van der Waals surface area contributed by atoms with Gasteiger partial charge in [0.2, 0.25) is 5.75 Å². The van der Waals surface area contributed by atoms with E-state index in [0.717, 1.165) is 6.07 Å². The molecular weight excluding hydrogens is 303 g/mol. The molecule has 0 aromatic heterocycles. The molecular formula is C17H17FO5. The third-order valence-corrected chi connectivity index (χ3v) is 3.34. The van der Waals surface area contributed by atoms with Gasteiger partial charge < -0.3 is 18.9 Å². The maximum absolute atomic E-state index is 13.8. The number of carbonyl (C=O) groups excluding carboxylic acids is 1. The van der Waals surface area contributed by atoms with Crippen molar-refractivity contribution in [3.8, 4) is 23.0 Å². The van der Waals surface area contributed by atoms with E-state index in [4.69, 9.17) is 18.9 Å². The van der Waals surface area contributed by atoms with Gasteiger partial charge in [0.15, 0.2) is 28.8 Å². The van der Waals surface area contributed by atoms with Crippen LogP contribution in [0.4, 0.5) is 4.39 Å². The molecule has 6 heteroatoms. The van der Waals surface area contributed by atoms with Gasteiger partial charge in [0.25, 0.3) is 0 Å². The zero-order valence-electron chi connectivity index (χ0n) is 13.3. The summed E-state index contributed by atoms with van der Waals surface area (Å²) in [5.41, 5.74) is 0.488. The second kappa shape index (κ2) is 7.00. The van der Waals surface area contributed by atoms with Crippen LogP contribution < -0.4 is 18.9 Å². The van der Waals surface area contributed by atoms with Crippen molar-refractivity contribution in [2.75, 3.05) is 28.4 Å². The fraction of sp³-hybridized carbons (Fsp3) is 0.235. The van der Waals surface area contributed by atoms with Crippen molar-refractivity contribution in [1.29, 1.82) is 0 Å². The number of ketones is 1. The first-order valence-electron chi connectivity index (χ1n) is 6.74. The van der Waals surface area contributed by atoms with Crippen molar-refractivity contribution < 1.29 is 28.1 Å². The Kier molecular flexibility index (Phi) is 5.05. The summed E-state index contributed by atoms with van der Waals surface area (Å²) in [5, 5.41) is 0. The summed E-state index contributed by atoms with van der Waals surface area (Å²) >= 11 is 0. The fourth-order valence-electron chi connectivity index (χ4n) is 2.19. The fourth-order valence-corrected chi connectivity index (χ4v) is 2.19. The number of benzene rings is 2. The van der Waals surface area contributed by atoms with Gasteiger partial charge in [-0.15, -0.1) is 0 Å². The van der Waals surface area contributed by atoms with E-state index in [-0.39, 0.29) is 17.1 Å². The van der Waals surface area contributed by atoms with Gasteiger partial charge in [-0.1, -0.05) is 0 Å². The lowest BCUT2D eigenvalue weighted by atomic mass is 10.0. The summed E-state index contributed by atoms with van der Waals surface area (Å²) in [5.74, 6) is 0.184. The number of halogens is 1. The van der Waals surface area contributed by atoms with Gasteiger partial charge in [-0.3, -0.25) is 4.79 Å². The monoisotopic (exact) mass is 320 g/mol. The van der Waals surface area contributed by atoms with E-state index < -0.39 is 5.82 Å². The van der Waals surface area contributed by atoms with Crippen molar-refractivity contribution in [3.63, 3.8) is 0 Å². The van der Waals surface area contributed by atoms with Crippen LogP contribution in [0.5, 0.6) is 23.0 Å². The van der Waals surface area contributed by atoms with E-state index in [1.54, 1.807) is 0 Å². The van der Waals surface area contributed by atoms with Crippen LogP contribution in [0, 0.1) is 5.82 Å². The molecule has 0 amide bonds. The van der Waals surface area contributed by atoms with Crippen LogP contribution >= 0.6 is 0 Å². The van der Waals surface area contributed by atoms with Gasteiger partial charge in [-0.05, 0) is 30.3 Å². The Labute approximate surface area is 133 Å². The van der Waals surface area contributed by atoms with E-state index in [0.29, 0.717) is 22.8 Å². The molecule has 0 spiro atoms. The minimum atomic E-state index is -0.606. The highest BCUT2D eigenvalue weighted by molar-refractivity contribution is 6.09. The van der Waals surface area contributed by atoms with Crippen molar-refractivity contribution in [3.05, 3.63) is 47.3 Å². The molecule has 5 nitrogen and oxygen atoms in total. The van der Waals surface area contributed by atoms with E-state index in [9.17, 15) is 9.18 Å². The van der Waals surface area contributed by atoms with Gasteiger partial charge in [-0.2, -0.15) is 0 Å². The Bertz CT molecular complexity index is 702. The summed E-state index contributed by atoms with van der Waals surface area (Å²) in [6.45, 7) is 0. The van der Waals surface area contributed by atoms with Gasteiger partial charge in [0, 0.05) is 11.1 Å². The van der Waals surface area contributed by atoms with Crippen molar-refractivity contribution >= 4 is 5.78 Å². The number of rotatable bonds is 6. The van der Waals surface area contributed by atoms with Crippen molar-refractivity contribution in [2.24, 2.45) is 0 Å². The number of hydrogen-bond donors (Lipinski definition) is 0. The maximum Gasteiger partial charge on any atom is 0.203 e. The predicted molar refractivity (Wildman–Crippen MR) is 82.5 cm³/mol. The Morgan fingerprint density at radius 3 is 1.78 bits per heavy atom. The Morgan fingerprint density at radius 1 is 0.783 bits per heavy atom. The summed E-state index contributed by atoms with van der Waals surface area (Å²) in [4.78, 5) is 12.6. The Hall–Kier alpha value is -2.76. The Morgan fingerprint density at radius 2 is 1.35 bits per heavy atom. The second-order valence-corrected chi connectivity index (χ2v) is 4.59. The number of methoxy groups -OCH3 is 4. The molecule has 0 fully saturated rings. The molecule has 0 radical (unpaired) electrons. The standard InChI is InChI=1S/C17H17FO5/c1-20-13-6-5-10(7-12(13)18)16(19)11-8-14(21-2)17(23-4)15(9-11)22-3/h5-9H,1-4H3. The average Bonchev–Trinajstić information content (AvgIpc) is 2.59. The maximum atomic E-state index is 13.8. The third kappa shape index (κ3) is 3.21. The number of carbonyl (C=O) groups is 1. The summed E-state index contributed by atoms with van der Waals surface area (Å²) in [7, 11) is 5.75. The lowest BCUT2D eigenvalue weighted by Crippen LogP contribution is -2.05. The first-order valence-corrected chi connectivity index (χ1v) is 6.74. The highest BCUT2D eigenvalue weighted by Gasteiger charge is 2.19. The molecule has 2 aromatic carbocycles. The lowest BCUT2D eigenvalue weighted by Gasteiger charge is -2.14. The molecule has 2 aromatic rings. The average molecular weight is 320 g/mol. The molecule has 2 rings (SSSR count). The number of ether oxygens (including phenoxy) is 4. The van der Waals surface area contributed by atoms with Crippen LogP contribution in [0.25, 0.3) is 0 Å². The van der Waals surface area contributed by atoms with Crippen LogP contribution in [0.2, 0.25) is 0 Å². The third-order valence-electron chi connectivity index (χ3n) is 3.34. The molecule has 23 heavy (non-hydrogen) atoms. The largest absolute Gasteiger partial charge is 0.494 e. The predicted octanol–water partition coefficient (Wildman–Crippen LogP) is 3.09. The molecule has 122 valence electrons. The second-order valence-electron chi connectivity index (χ2n) is 4.59. The lowest BCUT2D eigenvalue weighted by molar-refractivity contribution is 0.103. The molecule has 0 saturated heterocycles. The molecule has 0 heterocycles. The van der Waals surface area contributed by atoms with Gasteiger partial charge >= 0.3 is 0 Å².